The number of aromatic nitrogens is 1. The van der Waals surface area contributed by atoms with Gasteiger partial charge in [-0.3, -0.25) is 14.7 Å². The van der Waals surface area contributed by atoms with Gasteiger partial charge in [0.1, 0.15) is 5.60 Å². The molecule has 7 heteroatoms. The highest BCUT2D eigenvalue weighted by Gasteiger charge is 2.55. The predicted octanol–water partition coefficient (Wildman–Crippen LogP) is 3.13. The van der Waals surface area contributed by atoms with Crippen molar-refractivity contribution in [2.75, 3.05) is 6.54 Å². The van der Waals surface area contributed by atoms with Gasteiger partial charge < -0.3 is 15.2 Å². The topological polar surface area (TPSA) is 91.8 Å². The van der Waals surface area contributed by atoms with Crippen molar-refractivity contribution in [3.63, 3.8) is 0 Å². The smallest absolute Gasteiger partial charge is 0.410 e. The molecule has 0 radical (unpaired) electrons. The lowest BCUT2D eigenvalue weighted by atomic mass is 9.75. The molecule has 0 unspecified atom stereocenters. The van der Waals surface area contributed by atoms with Crippen molar-refractivity contribution in [2.45, 2.75) is 83.6 Å². The molecule has 2 heterocycles. The van der Waals surface area contributed by atoms with E-state index in [1.54, 1.807) is 29.4 Å². The summed E-state index contributed by atoms with van der Waals surface area (Å²) in [5, 5.41) is 13.8. The van der Waals surface area contributed by atoms with Gasteiger partial charge in [0.2, 0.25) is 0 Å². The first-order valence-electron chi connectivity index (χ1n) is 10.5. The van der Waals surface area contributed by atoms with Crippen LogP contribution in [0.3, 0.4) is 0 Å². The van der Waals surface area contributed by atoms with Crippen molar-refractivity contribution >= 4 is 12.0 Å². The lowest BCUT2D eigenvalue weighted by molar-refractivity contribution is -0.00901. The van der Waals surface area contributed by atoms with Crippen LogP contribution in [0.15, 0.2) is 24.5 Å². The molecule has 0 bridgehead atoms. The van der Waals surface area contributed by atoms with Gasteiger partial charge in [-0.25, -0.2) is 4.79 Å². The molecule has 1 saturated heterocycles. The average Bonchev–Trinajstić information content (AvgIpc) is 2.87. The van der Waals surface area contributed by atoms with Crippen LogP contribution in [0, 0.1) is 5.41 Å². The van der Waals surface area contributed by atoms with E-state index in [0.29, 0.717) is 18.5 Å². The summed E-state index contributed by atoms with van der Waals surface area (Å²) in [6.45, 7) is 7.93. The number of nitrogens with one attached hydrogen (secondary N) is 1. The van der Waals surface area contributed by atoms with E-state index in [0.717, 1.165) is 25.7 Å². The first-order valence-corrected chi connectivity index (χ1v) is 10.5. The van der Waals surface area contributed by atoms with Gasteiger partial charge in [-0.05, 0) is 52.2 Å². The Morgan fingerprint density at radius 1 is 1.28 bits per heavy atom. The summed E-state index contributed by atoms with van der Waals surface area (Å²) in [5.74, 6) is -0.200. The van der Waals surface area contributed by atoms with E-state index in [4.69, 9.17) is 4.74 Å². The molecule has 2 amide bonds. The Morgan fingerprint density at radius 3 is 2.59 bits per heavy atom. The number of carbonyl (C=O) groups excluding carboxylic acids is 2. The van der Waals surface area contributed by atoms with Gasteiger partial charge in [0.15, 0.2) is 0 Å². The fourth-order valence-electron chi connectivity index (χ4n) is 4.72. The number of ether oxygens (including phenoxy) is 1. The number of pyridine rings is 1. The van der Waals surface area contributed by atoms with Gasteiger partial charge >= 0.3 is 6.09 Å². The summed E-state index contributed by atoms with van der Waals surface area (Å²) in [4.78, 5) is 31.3. The van der Waals surface area contributed by atoms with Crippen LogP contribution in [-0.2, 0) is 4.74 Å². The Labute approximate surface area is 172 Å². The zero-order valence-corrected chi connectivity index (χ0v) is 17.9. The van der Waals surface area contributed by atoms with Crippen LogP contribution in [0.2, 0.25) is 0 Å². The summed E-state index contributed by atoms with van der Waals surface area (Å²) >= 11 is 0. The van der Waals surface area contributed by atoms with Crippen molar-refractivity contribution in [1.82, 2.24) is 15.2 Å². The molecule has 2 fully saturated rings. The maximum absolute atomic E-state index is 13.1. The molecule has 0 spiro atoms. The quantitative estimate of drug-likeness (QED) is 0.809. The number of rotatable bonds is 3. The van der Waals surface area contributed by atoms with E-state index in [1.165, 1.54) is 0 Å². The van der Waals surface area contributed by atoms with Gasteiger partial charge in [-0.15, -0.1) is 0 Å². The summed E-state index contributed by atoms with van der Waals surface area (Å²) < 4.78 is 5.70. The molecular formula is C22H33N3O4. The minimum atomic E-state index is -0.607. The second kappa shape index (κ2) is 8.30. The maximum atomic E-state index is 13.1. The third-order valence-electron chi connectivity index (χ3n) is 6.18. The molecule has 2 aliphatic rings. The third-order valence-corrected chi connectivity index (χ3v) is 6.18. The van der Waals surface area contributed by atoms with E-state index in [9.17, 15) is 14.7 Å². The highest BCUT2D eigenvalue weighted by molar-refractivity contribution is 5.94. The maximum Gasteiger partial charge on any atom is 0.410 e. The SMILES string of the molecule is CC(C)(C)OC(=O)N1[C@@H](CNC(=O)c2ccncc2)C[C@@]2(C)[C@@H](O)CCCC[C@@H]12. The lowest BCUT2D eigenvalue weighted by Gasteiger charge is -2.37. The van der Waals surface area contributed by atoms with Crippen LogP contribution in [0.25, 0.3) is 0 Å². The summed E-state index contributed by atoms with van der Waals surface area (Å²) in [7, 11) is 0. The zero-order chi connectivity index (χ0) is 21.2. The van der Waals surface area contributed by atoms with Crippen LogP contribution in [0.4, 0.5) is 4.79 Å². The zero-order valence-electron chi connectivity index (χ0n) is 17.9. The van der Waals surface area contributed by atoms with Crippen molar-refractivity contribution in [3.8, 4) is 0 Å². The average molecular weight is 404 g/mol. The number of nitrogens with zero attached hydrogens (tertiary/aromatic N) is 2. The van der Waals surface area contributed by atoms with E-state index >= 15 is 0 Å². The number of hydrogen-bond donors (Lipinski definition) is 2. The minimum Gasteiger partial charge on any atom is -0.444 e. The monoisotopic (exact) mass is 403 g/mol. The molecule has 4 atom stereocenters. The molecule has 1 aliphatic carbocycles. The van der Waals surface area contributed by atoms with E-state index in [-0.39, 0.29) is 24.1 Å². The summed E-state index contributed by atoms with van der Waals surface area (Å²) in [5.41, 5.74) is -0.480. The van der Waals surface area contributed by atoms with Crippen molar-refractivity contribution < 1.29 is 19.4 Å². The van der Waals surface area contributed by atoms with Crippen molar-refractivity contribution in [3.05, 3.63) is 30.1 Å². The molecule has 1 aromatic heterocycles. The Morgan fingerprint density at radius 2 is 1.93 bits per heavy atom. The number of aliphatic hydroxyl groups excluding tert-OH is 1. The second-order valence-electron chi connectivity index (χ2n) is 9.51. The molecule has 1 aliphatic heterocycles. The van der Waals surface area contributed by atoms with Crippen LogP contribution >= 0.6 is 0 Å². The Balaban J connectivity index is 1.81. The molecule has 7 nitrogen and oxygen atoms in total. The van der Waals surface area contributed by atoms with Crippen molar-refractivity contribution in [2.24, 2.45) is 5.41 Å². The van der Waals surface area contributed by atoms with E-state index in [2.05, 4.69) is 17.2 Å². The van der Waals surface area contributed by atoms with Crippen molar-refractivity contribution in [1.29, 1.82) is 0 Å². The molecule has 160 valence electrons. The van der Waals surface area contributed by atoms with Crippen LogP contribution in [-0.4, -0.2) is 57.3 Å². The van der Waals surface area contributed by atoms with Gasteiger partial charge in [0, 0.05) is 36.0 Å². The lowest BCUT2D eigenvalue weighted by Crippen LogP contribution is -2.50. The van der Waals surface area contributed by atoms with E-state index < -0.39 is 17.1 Å². The van der Waals surface area contributed by atoms with Crippen LogP contribution in [0.5, 0.6) is 0 Å². The summed E-state index contributed by atoms with van der Waals surface area (Å²) in [6.07, 6.45) is 6.44. The van der Waals surface area contributed by atoms with Gasteiger partial charge in [-0.1, -0.05) is 19.8 Å². The van der Waals surface area contributed by atoms with Gasteiger partial charge in [0.25, 0.3) is 5.91 Å². The fraction of sp³-hybridized carbons (Fsp3) is 0.682. The number of aliphatic hydroxyl groups is 1. The van der Waals surface area contributed by atoms with Crippen LogP contribution < -0.4 is 5.32 Å². The summed E-state index contributed by atoms with van der Waals surface area (Å²) in [6, 6.07) is 2.99. The molecule has 1 aromatic rings. The number of amides is 2. The first kappa shape index (κ1) is 21.6. The third kappa shape index (κ3) is 4.71. The highest BCUT2D eigenvalue weighted by atomic mass is 16.6. The van der Waals surface area contributed by atoms with Gasteiger partial charge in [0.05, 0.1) is 12.1 Å². The van der Waals surface area contributed by atoms with Crippen LogP contribution in [0.1, 0.15) is 70.2 Å². The molecule has 1 saturated carbocycles. The normalized spacial score (nSPS) is 29.7. The molecule has 2 N–H and O–H groups in total. The molecular weight excluding hydrogens is 370 g/mol. The Hall–Kier alpha value is -2.15. The molecule has 3 rings (SSSR count). The predicted molar refractivity (Wildman–Crippen MR) is 109 cm³/mol. The highest BCUT2D eigenvalue weighted by Crippen LogP contribution is 2.48. The molecule has 29 heavy (non-hydrogen) atoms. The van der Waals surface area contributed by atoms with Gasteiger partial charge in [-0.2, -0.15) is 0 Å². The standard InChI is InChI=1S/C22H33N3O4/c1-21(2,3)29-20(28)25-16(14-24-19(27)15-9-11-23-12-10-15)13-22(4)17(25)7-5-6-8-18(22)26/h9-12,16-18,26H,5-8,13-14H2,1-4H3,(H,24,27)/t16-,17-,18+,22-/m1/s1. The van der Waals surface area contributed by atoms with E-state index in [1.807, 2.05) is 20.8 Å². The number of likely N-dealkylation sites (tertiary alicyclic amines) is 1. The fourth-order valence-corrected chi connectivity index (χ4v) is 4.72. The first-order chi connectivity index (χ1) is 13.6. The number of carbonyl (C=O) groups is 2. The second-order valence-corrected chi connectivity index (χ2v) is 9.51. The minimum absolute atomic E-state index is 0.0994. The number of fused-ring (bicyclic) bond motifs is 1. The Bertz CT molecular complexity index is 733. The Kier molecular flexibility index (Phi) is 6.17. The molecule has 0 aromatic carbocycles. The number of hydrogen-bond acceptors (Lipinski definition) is 5. The largest absolute Gasteiger partial charge is 0.444 e.